The van der Waals surface area contributed by atoms with Gasteiger partial charge in [-0.1, -0.05) is 13.0 Å². The molecule has 1 aromatic rings. The first kappa shape index (κ1) is 21.3. The van der Waals surface area contributed by atoms with Crippen LogP contribution in [-0.4, -0.2) is 56.3 Å². The summed E-state index contributed by atoms with van der Waals surface area (Å²) >= 11 is 0. The predicted octanol–water partition coefficient (Wildman–Crippen LogP) is 3.09. The van der Waals surface area contributed by atoms with E-state index < -0.39 is 10.0 Å². The SMILES string of the molecule is CC(=O)Nc1ccc(C)cc1S(=O)(=O)N1CCC(CN2CCC(C)CC2)CC1. The van der Waals surface area contributed by atoms with Crippen LogP contribution in [0.5, 0.6) is 0 Å². The zero-order chi connectivity index (χ0) is 20.3. The summed E-state index contributed by atoms with van der Waals surface area (Å²) in [5.74, 6) is 1.12. The largest absolute Gasteiger partial charge is 0.325 e. The topological polar surface area (TPSA) is 69.7 Å². The van der Waals surface area contributed by atoms with Crippen molar-refractivity contribution < 1.29 is 13.2 Å². The third-order valence-corrected chi connectivity index (χ3v) is 7.97. The number of hydrogen-bond donors (Lipinski definition) is 1. The maximum absolute atomic E-state index is 13.2. The number of aryl methyl sites for hydroxylation is 1. The number of rotatable bonds is 5. The van der Waals surface area contributed by atoms with Gasteiger partial charge in [-0.3, -0.25) is 4.79 Å². The molecule has 0 aliphatic carbocycles. The maximum Gasteiger partial charge on any atom is 0.245 e. The van der Waals surface area contributed by atoms with Crippen molar-refractivity contribution in [2.45, 2.75) is 51.3 Å². The molecule has 0 radical (unpaired) electrons. The predicted molar refractivity (Wildman–Crippen MR) is 112 cm³/mol. The van der Waals surface area contributed by atoms with Gasteiger partial charge in [-0.05, 0) is 75.2 Å². The van der Waals surface area contributed by atoms with E-state index in [0.29, 0.717) is 24.7 Å². The molecule has 2 heterocycles. The van der Waals surface area contributed by atoms with E-state index >= 15 is 0 Å². The first-order chi connectivity index (χ1) is 13.3. The van der Waals surface area contributed by atoms with Crippen molar-refractivity contribution in [2.75, 3.05) is 38.0 Å². The molecule has 0 aromatic heterocycles. The number of nitrogens with zero attached hydrogens (tertiary/aromatic N) is 2. The van der Waals surface area contributed by atoms with Crippen LogP contribution in [-0.2, 0) is 14.8 Å². The van der Waals surface area contributed by atoms with E-state index in [1.165, 1.54) is 32.9 Å². The number of carbonyl (C=O) groups excluding carboxylic acids is 1. The summed E-state index contributed by atoms with van der Waals surface area (Å²) < 4.78 is 28.1. The fourth-order valence-electron chi connectivity index (χ4n) is 4.22. The zero-order valence-corrected chi connectivity index (χ0v) is 18.1. The van der Waals surface area contributed by atoms with Crippen molar-refractivity contribution >= 4 is 21.6 Å². The molecular weight excluding hydrogens is 374 g/mol. The minimum absolute atomic E-state index is 0.200. The first-order valence-corrected chi connectivity index (χ1v) is 11.8. The fraction of sp³-hybridized carbons (Fsp3) is 0.667. The lowest BCUT2D eigenvalue weighted by Crippen LogP contribution is -2.43. The number of benzene rings is 1. The van der Waals surface area contributed by atoms with Crippen molar-refractivity contribution in [1.29, 1.82) is 0 Å². The smallest absolute Gasteiger partial charge is 0.245 e. The average molecular weight is 408 g/mol. The molecule has 2 fully saturated rings. The molecule has 6 nitrogen and oxygen atoms in total. The Bertz CT molecular complexity index is 793. The van der Waals surface area contributed by atoms with Gasteiger partial charge in [0.2, 0.25) is 15.9 Å². The van der Waals surface area contributed by atoms with Crippen LogP contribution in [0.15, 0.2) is 23.1 Å². The van der Waals surface area contributed by atoms with Crippen LogP contribution in [0, 0.1) is 18.8 Å². The van der Waals surface area contributed by atoms with Crippen LogP contribution < -0.4 is 5.32 Å². The van der Waals surface area contributed by atoms with Gasteiger partial charge >= 0.3 is 0 Å². The van der Waals surface area contributed by atoms with Crippen LogP contribution in [0.2, 0.25) is 0 Å². The highest BCUT2D eigenvalue weighted by Gasteiger charge is 2.32. The lowest BCUT2D eigenvalue weighted by molar-refractivity contribution is -0.114. The van der Waals surface area contributed by atoms with Crippen molar-refractivity contribution in [3.8, 4) is 0 Å². The molecule has 0 unspecified atom stereocenters. The molecule has 1 N–H and O–H groups in total. The van der Waals surface area contributed by atoms with E-state index in [-0.39, 0.29) is 10.8 Å². The van der Waals surface area contributed by atoms with Gasteiger partial charge in [0.25, 0.3) is 0 Å². The Morgan fingerprint density at radius 3 is 2.36 bits per heavy atom. The van der Waals surface area contributed by atoms with Gasteiger partial charge in [-0.15, -0.1) is 0 Å². The Kier molecular flexibility index (Phi) is 6.78. The number of carbonyl (C=O) groups is 1. The van der Waals surface area contributed by atoms with Crippen LogP contribution in [0.25, 0.3) is 0 Å². The van der Waals surface area contributed by atoms with Crippen LogP contribution in [0.4, 0.5) is 5.69 Å². The molecule has 1 amide bonds. The van der Waals surface area contributed by atoms with Crippen LogP contribution in [0.3, 0.4) is 0 Å². The van der Waals surface area contributed by atoms with Crippen molar-refractivity contribution in [1.82, 2.24) is 9.21 Å². The van der Waals surface area contributed by atoms with E-state index in [2.05, 4.69) is 17.1 Å². The van der Waals surface area contributed by atoms with Gasteiger partial charge in [0, 0.05) is 26.6 Å². The summed E-state index contributed by atoms with van der Waals surface area (Å²) in [6.45, 7) is 10.1. The average Bonchev–Trinajstić information content (AvgIpc) is 2.65. The number of sulfonamides is 1. The van der Waals surface area contributed by atoms with E-state index in [9.17, 15) is 13.2 Å². The molecule has 3 rings (SSSR count). The minimum atomic E-state index is -3.62. The monoisotopic (exact) mass is 407 g/mol. The first-order valence-electron chi connectivity index (χ1n) is 10.4. The zero-order valence-electron chi connectivity index (χ0n) is 17.3. The summed E-state index contributed by atoms with van der Waals surface area (Å²) in [5, 5.41) is 2.66. The van der Waals surface area contributed by atoms with Gasteiger partial charge < -0.3 is 10.2 Å². The van der Waals surface area contributed by atoms with E-state index in [4.69, 9.17) is 0 Å². The van der Waals surface area contributed by atoms with E-state index in [1.807, 2.05) is 13.0 Å². The van der Waals surface area contributed by atoms with Gasteiger partial charge in [0.05, 0.1) is 5.69 Å². The quantitative estimate of drug-likeness (QED) is 0.814. The minimum Gasteiger partial charge on any atom is -0.325 e. The normalized spacial score (nSPS) is 21.0. The third kappa shape index (κ3) is 5.13. The number of piperidine rings is 2. The lowest BCUT2D eigenvalue weighted by Gasteiger charge is -2.37. The van der Waals surface area contributed by atoms with Gasteiger partial charge in [0.15, 0.2) is 0 Å². The standard InChI is InChI=1S/C21H33N3O3S/c1-16-6-10-23(11-7-16)15-19-8-12-24(13-9-19)28(26,27)21-14-17(2)4-5-20(21)22-18(3)25/h4-5,14,16,19H,6-13,15H2,1-3H3,(H,22,25). The number of nitrogens with one attached hydrogen (secondary N) is 1. The maximum atomic E-state index is 13.2. The summed E-state index contributed by atoms with van der Waals surface area (Å²) in [5.41, 5.74) is 1.23. The van der Waals surface area contributed by atoms with Gasteiger partial charge in [-0.2, -0.15) is 4.31 Å². The Morgan fingerprint density at radius 1 is 1.11 bits per heavy atom. The molecule has 1 aromatic carbocycles. The Hall–Kier alpha value is -1.44. The highest BCUT2D eigenvalue weighted by atomic mass is 32.2. The molecule has 0 atom stereocenters. The Morgan fingerprint density at radius 2 is 1.75 bits per heavy atom. The Balaban J connectivity index is 1.65. The van der Waals surface area contributed by atoms with Crippen LogP contribution >= 0.6 is 0 Å². The lowest BCUT2D eigenvalue weighted by atomic mass is 9.94. The summed E-state index contributed by atoms with van der Waals surface area (Å²) in [6.07, 6.45) is 4.33. The molecular formula is C21H33N3O3S. The number of likely N-dealkylation sites (tertiary alicyclic amines) is 1. The molecule has 2 aliphatic rings. The second-order valence-corrected chi connectivity index (χ2v) is 10.4. The molecule has 2 aliphatic heterocycles. The molecule has 7 heteroatoms. The molecule has 0 spiro atoms. The van der Waals surface area contributed by atoms with Crippen molar-refractivity contribution in [2.24, 2.45) is 11.8 Å². The number of anilines is 1. The van der Waals surface area contributed by atoms with Crippen LogP contribution in [0.1, 0.15) is 45.1 Å². The fourth-order valence-corrected chi connectivity index (χ4v) is 5.92. The third-order valence-electron chi connectivity index (χ3n) is 6.03. The molecule has 28 heavy (non-hydrogen) atoms. The second-order valence-electron chi connectivity index (χ2n) is 8.51. The Labute approximate surface area is 169 Å². The highest BCUT2D eigenvalue weighted by Crippen LogP contribution is 2.30. The van der Waals surface area contributed by atoms with Gasteiger partial charge in [0.1, 0.15) is 4.90 Å². The number of hydrogen-bond acceptors (Lipinski definition) is 4. The molecule has 0 bridgehead atoms. The van der Waals surface area contributed by atoms with Crippen molar-refractivity contribution in [3.05, 3.63) is 23.8 Å². The highest BCUT2D eigenvalue weighted by molar-refractivity contribution is 7.89. The van der Waals surface area contributed by atoms with Gasteiger partial charge in [-0.25, -0.2) is 8.42 Å². The second kappa shape index (κ2) is 8.93. The summed E-state index contributed by atoms with van der Waals surface area (Å²) in [7, 11) is -3.62. The van der Waals surface area contributed by atoms with E-state index in [0.717, 1.165) is 30.9 Å². The molecule has 0 saturated carbocycles. The summed E-state index contributed by atoms with van der Waals surface area (Å²) in [4.78, 5) is 14.2. The van der Waals surface area contributed by atoms with Crippen molar-refractivity contribution in [3.63, 3.8) is 0 Å². The molecule has 156 valence electrons. The summed E-state index contributed by atoms with van der Waals surface area (Å²) in [6, 6.07) is 5.14. The molecule has 2 saturated heterocycles. The number of amides is 1. The van der Waals surface area contributed by atoms with E-state index in [1.54, 1.807) is 16.4 Å².